The van der Waals surface area contributed by atoms with Crippen LogP contribution >= 0.6 is 0 Å². The van der Waals surface area contributed by atoms with Crippen molar-refractivity contribution in [2.24, 2.45) is 17.8 Å². The van der Waals surface area contributed by atoms with Gasteiger partial charge in [-0.2, -0.15) is 0 Å². The Labute approximate surface area is 114 Å². The Balaban J connectivity index is 1.89. The van der Waals surface area contributed by atoms with Crippen LogP contribution in [0.2, 0.25) is 0 Å². The Morgan fingerprint density at radius 2 is 2.21 bits per heavy atom. The number of rotatable bonds is 2. The van der Waals surface area contributed by atoms with Gasteiger partial charge >= 0.3 is 5.97 Å². The van der Waals surface area contributed by atoms with Crippen molar-refractivity contribution in [3.05, 3.63) is 29.6 Å². The van der Waals surface area contributed by atoms with Crippen molar-refractivity contribution in [3.63, 3.8) is 0 Å². The van der Waals surface area contributed by atoms with Gasteiger partial charge in [-0.05, 0) is 55.6 Å². The van der Waals surface area contributed by atoms with Gasteiger partial charge in [-0.1, -0.05) is 13.0 Å². The molecular weight excluding hydrogens is 238 g/mol. The maximum atomic E-state index is 11.5. The largest absolute Gasteiger partial charge is 0.481 e. The Morgan fingerprint density at radius 3 is 3.00 bits per heavy atom. The van der Waals surface area contributed by atoms with Crippen LogP contribution in [0.5, 0.6) is 0 Å². The highest BCUT2D eigenvalue weighted by Crippen LogP contribution is 2.47. The highest BCUT2D eigenvalue weighted by Gasteiger charge is 2.41. The number of hydrogen-bond acceptors (Lipinski definition) is 2. The molecule has 0 aromatic carbocycles. The van der Waals surface area contributed by atoms with Crippen molar-refractivity contribution in [1.82, 2.24) is 4.98 Å². The predicted octanol–water partition coefficient (Wildman–Crippen LogP) is 3.25. The minimum atomic E-state index is -0.610. The molecule has 1 aromatic rings. The number of nitrogens with zero attached hydrogens (tertiary/aromatic N) is 1. The quantitative estimate of drug-likeness (QED) is 0.887. The monoisotopic (exact) mass is 259 g/mol. The van der Waals surface area contributed by atoms with Gasteiger partial charge in [-0.3, -0.25) is 9.78 Å². The lowest BCUT2D eigenvalue weighted by Crippen LogP contribution is -2.33. The fourth-order valence-corrected chi connectivity index (χ4v) is 4.04. The first-order valence-electron chi connectivity index (χ1n) is 7.33. The summed E-state index contributed by atoms with van der Waals surface area (Å²) in [7, 11) is 0. The summed E-state index contributed by atoms with van der Waals surface area (Å²) in [5.41, 5.74) is 2.50. The van der Waals surface area contributed by atoms with Crippen LogP contribution in [-0.4, -0.2) is 16.1 Å². The van der Waals surface area contributed by atoms with E-state index in [4.69, 9.17) is 0 Å². The van der Waals surface area contributed by atoms with Crippen molar-refractivity contribution in [1.29, 1.82) is 0 Å². The van der Waals surface area contributed by atoms with Crippen molar-refractivity contribution in [3.8, 4) is 0 Å². The summed E-state index contributed by atoms with van der Waals surface area (Å²) in [6.45, 7) is 2.25. The van der Waals surface area contributed by atoms with Crippen LogP contribution in [0.3, 0.4) is 0 Å². The number of aryl methyl sites for hydroxylation is 1. The van der Waals surface area contributed by atoms with E-state index in [9.17, 15) is 9.90 Å². The molecule has 0 saturated heterocycles. The molecule has 0 bridgehead atoms. The first kappa shape index (κ1) is 12.6. The van der Waals surface area contributed by atoms with Crippen molar-refractivity contribution in [2.75, 3.05) is 0 Å². The van der Waals surface area contributed by atoms with Crippen LogP contribution < -0.4 is 0 Å². The van der Waals surface area contributed by atoms with E-state index in [0.29, 0.717) is 11.8 Å². The second kappa shape index (κ2) is 4.95. The van der Waals surface area contributed by atoms with Gasteiger partial charge in [0, 0.05) is 17.8 Å². The fraction of sp³-hybridized carbons (Fsp3) is 0.625. The number of carbonyl (C=O) groups is 1. The lowest BCUT2D eigenvalue weighted by Gasteiger charge is -2.36. The zero-order valence-corrected chi connectivity index (χ0v) is 11.4. The fourth-order valence-electron chi connectivity index (χ4n) is 4.04. The highest BCUT2D eigenvalue weighted by molar-refractivity contribution is 5.70. The third-order valence-corrected chi connectivity index (χ3v) is 5.00. The maximum absolute atomic E-state index is 11.5. The molecule has 1 N–H and O–H groups in total. The standard InChI is InChI=1S/C16H21NO2/c1-10-4-6-13(16(18)19)14(9-10)12-7-5-11-3-2-8-17-15(11)12/h2-3,8,10,12-14H,4-7,9H2,1H3,(H,18,19). The third kappa shape index (κ3) is 2.26. The Bertz CT molecular complexity index is 485. The molecule has 3 rings (SSSR count). The molecular formula is C16H21NO2. The van der Waals surface area contributed by atoms with E-state index >= 15 is 0 Å². The van der Waals surface area contributed by atoms with Crippen LogP contribution in [0.1, 0.15) is 49.8 Å². The minimum absolute atomic E-state index is 0.172. The molecule has 1 heterocycles. The maximum Gasteiger partial charge on any atom is 0.306 e. The average molecular weight is 259 g/mol. The summed E-state index contributed by atoms with van der Waals surface area (Å²) in [6, 6.07) is 4.13. The zero-order chi connectivity index (χ0) is 13.4. The summed E-state index contributed by atoms with van der Waals surface area (Å²) in [6.07, 6.45) is 6.91. The number of pyridine rings is 1. The molecule has 4 atom stereocenters. The van der Waals surface area contributed by atoms with Gasteiger partial charge in [0.25, 0.3) is 0 Å². The zero-order valence-electron chi connectivity index (χ0n) is 11.4. The van der Waals surface area contributed by atoms with Gasteiger partial charge in [0.05, 0.1) is 5.92 Å². The lowest BCUT2D eigenvalue weighted by molar-refractivity contribution is -0.145. The van der Waals surface area contributed by atoms with E-state index in [0.717, 1.165) is 32.1 Å². The van der Waals surface area contributed by atoms with Crippen LogP contribution in [0.4, 0.5) is 0 Å². The van der Waals surface area contributed by atoms with Crippen LogP contribution in [0, 0.1) is 17.8 Å². The third-order valence-electron chi connectivity index (χ3n) is 5.00. The molecule has 0 aliphatic heterocycles. The molecule has 1 saturated carbocycles. The van der Waals surface area contributed by atoms with E-state index < -0.39 is 5.97 Å². The molecule has 1 fully saturated rings. The van der Waals surface area contributed by atoms with E-state index in [-0.39, 0.29) is 11.8 Å². The summed E-state index contributed by atoms with van der Waals surface area (Å²) >= 11 is 0. The summed E-state index contributed by atoms with van der Waals surface area (Å²) in [5, 5.41) is 9.48. The predicted molar refractivity (Wildman–Crippen MR) is 72.9 cm³/mol. The van der Waals surface area contributed by atoms with Crippen molar-refractivity contribution < 1.29 is 9.90 Å². The first-order valence-corrected chi connectivity index (χ1v) is 7.33. The Kier molecular flexibility index (Phi) is 3.29. The number of carboxylic acids is 1. The number of aliphatic carboxylic acids is 1. The number of aromatic nitrogens is 1. The Morgan fingerprint density at radius 1 is 1.37 bits per heavy atom. The first-order chi connectivity index (χ1) is 9.16. The smallest absolute Gasteiger partial charge is 0.306 e. The average Bonchev–Trinajstić information content (AvgIpc) is 2.82. The van der Waals surface area contributed by atoms with Crippen molar-refractivity contribution in [2.45, 2.75) is 44.9 Å². The van der Waals surface area contributed by atoms with Gasteiger partial charge in [-0.15, -0.1) is 0 Å². The van der Waals surface area contributed by atoms with Crippen LogP contribution in [0.15, 0.2) is 18.3 Å². The van der Waals surface area contributed by atoms with E-state index in [1.54, 1.807) is 0 Å². The van der Waals surface area contributed by atoms with E-state index in [2.05, 4.69) is 18.0 Å². The second-order valence-corrected chi connectivity index (χ2v) is 6.22. The SMILES string of the molecule is CC1CCC(C(=O)O)C(C2CCc3cccnc32)C1. The molecule has 2 aliphatic carbocycles. The molecule has 0 amide bonds. The molecule has 102 valence electrons. The van der Waals surface area contributed by atoms with Gasteiger partial charge in [0.1, 0.15) is 0 Å². The number of carboxylic acid groups (broad SMARTS) is 1. The molecule has 3 heteroatoms. The van der Waals surface area contributed by atoms with E-state index in [1.807, 2.05) is 12.3 Å². The molecule has 1 aromatic heterocycles. The summed E-state index contributed by atoms with van der Waals surface area (Å²) in [4.78, 5) is 16.1. The highest BCUT2D eigenvalue weighted by atomic mass is 16.4. The number of fused-ring (bicyclic) bond motifs is 1. The topological polar surface area (TPSA) is 50.2 Å². The molecule has 4 unspecified atom stereocenters. The molecule has 0 radical (unpaired) electrons. The molecule has 19 heavy (non-hydrogen) atoms. The molecule has 3 nitrogen and oxygen atoms in total. The lowest BCUT2D eigenvalue weighted by atomic mass is 9.68. The van der Waals surface area contributed by atoms with Gasteiger partial charge < -0.3 is 5.11 Å². The number of hydrogen-bond donors (Lipinski definition) is 1. The van der Waals surface area contributed by atoms with Crippen LogP contribution in [-0.2, 0) is 11.2 Å². The molecule has 0 spiro atoms. The van der Waals surface area contributed by atoms with Gasteiger partial charge in [0.2, 0.25) is 0 Å². The van der Waals surface area contributed by atoms with E-state index in [1.165, 1.54) is 11.3 Å². The molecule has 2 aliphatic rings. The van der Waals surface area contributed by atoms with Crippen molar-refractivity contribution >= 4 is 5.97 Å². The second-order valence-electron chi connectivity index (χ2n) is 6.22. The normalized spacial score (nSPS) is 33.9. The summed E-state index contributed by atoms with van der Waals surface area (Å²) < 4.78 is 0. The summed E-state index contributed by atoms with van der Waals surface area (Å²) in [5.74, 6) is 0.501. The van der Waals surface area contributed by atoms with Gasteiger partial charge in [-0.25, -0.2) is 0 Å². The van der Waals surface area contributed by atoms with Crippen LogP contribution in [0.25, 0.3) is 0 Å². The minimum Gasteiger partial charge on any atom is -0.481 e. The van der Waals surface area contributed by atoms with Gasteiger partial charge in [0.15, 0.2) is 0 Å². The Hall–Kier alpha value is -1.38.